The van der Waals surface area contributed by atoms with Crippen LogP contribution in [-0.4, -0.2) is 28.5 Å². The predicted molar refractivity (Wildman–Crippen MR) is 130 cm³/mol. The number of hydrogen-bond acceptors (Lipinski definition) is 7. The van der Waals surface area contributed by atoms with E-state index in [0.29, 0.717) is 32.7 Å². The molecule has 0 fully saturated rings. The van der Waals surface area contributed by atoms with Gasteiger partial charge in [0, 0.05) is 23.4 Å². The van der Waals surface area contributed by atoms with Gasteiger partial charge in [-0.1, -0.05) is 42.1 Å². The van der Waals surface area contributed by atoms with Crippen molar-refractivity contribution in [2.45, 2.75) is 17.8 Å². The van der Waals surface area contributed by atoms with Crippen LogP contribution >= 0.6 is 23.1 Å². The highest BCUT2D eigenvalue weighted by molar-refractivity contribution is 7.98. The number of rotatable bonds is 4. The molecule has 0 atom stereocenters. The summed E-state index contributed by atoms with van der Waals surface area (Å²) in [5, 5.41) is 11.8. The van der Waals surface area contributed by atoms with Gasteiger partial charge in [0.25, 0.3) is 11.1 Å². The maximum atomic E-state index is 13.4. The van der Waals surface area contributed by atoms with E-state index < -0.39 is 0 Å². The first kappa shape index (κ1) is 19.9. The van der Waals surface area contributed by atoms with E-state index in [9.17, 15) is 9.59 Å². The molecule has 0 aliphatic carbocycles. The number of aromatic nitrogens is 6. The fourth-order valence-electron chi connectivity index (χ4n) is 3.90. The van der Waals surface area contributed by atoms with Crippen molar-refractivity contribution in [3.8, 4) is 5.69 Å². The minimum atomic E-state index is -0.144. The Hall–Kier alpha value is -3.76. The summed E-state index contributed by atoms with van der Waals surface area (Å²) in [6, 6.07) is 16.7. The van der Waals surface area contributed by atoms with Crippen molar-refractivity contribution in [3.05, 3.63) is 98.1 Å². The minimum absolute atomic E-state index is 0.109. The fraction of sp³-hybridized carbons (Fsp3) is 0.0870. The van der Waals surface area contributed by atoms with Crippen LogP contribution < -0.4 is 11.1 Å². The van der Waals surface area contributed by atoms with E-state index in [0.717, 1.165) is 16.8 Å². The Morgan fingerprint density at radius 1 is 1.03 bits per heavy atom. The number of nitrogens with zero attached hydrogens (tertiary/aromatic N) is 6. The zero-order valence-corrected chi connectivity index (χ0v) is 19.0. The quantitative estimate of drug-likeness (QED) is 0.364. The number of fused-ring (bicyclic) bond motifs is 4. The maximum absolute atomic E-state index is 13.4. The van der Waals surface area contributed by atoms with Crippen LogP contribution in [0.2, 0.25) is 0 Å². The number of thioether (sulfide) groups is 1. The molecule has 6 rings (SSSR count). The molecule has 0 bridgehead atoms. The number of para-hydroxylation sites is 2. The minimum Gasteiger partial charge on any atom is -0.269 e. The lowest BCUT2D eigenvalue weighted by Gasteiger charge is -2.13. The Morgan fingerprint density at radius 3 is 2.73 bits per heavy atom. The first-order valence-corrected chi connectivity index (χ1v) is 12.0. The van der Waals surface area contributed by atoms with Gasteiger partial charge >= 0.3 is 0 Å². The summed E-state index contributed by atoms with van der Waals surface area (Å²) in [7, 11) is 0. The Balaban J connectivity index is 1.53. The van der Waals surface area contributed by atoms with Crippen molar-refractivity contribution >= 4 is 44.7 Å². The van der Waals surface area contributed by atoms with Gasteiger partial charge in [-0.2, -0.15) is 0 Å². The van der Waals surface area contributed by atoms with E-state index in [4.69, 9.17) is 0 Å². The van der Waals surface area contributed by atoms with E-state index in [-0.39, 0.29) is 11.1 Å². The van der Waals surface area contributed by atoms with Crippen LogP contribution in [0.25, 0.3) is 27.3 Å². The van der Waals surface area contributed by atoms with Gasteiger partial charge < -0.3 is 0 Å². The Labute approximate surface area is 194 Å². The highest BCUT2D eigenvalue weighted by Gasteiger charge is 2.19. The third-order valence-electron chi connectivity index (χ3n) is 5.46. The highest BCUT2D eigenvalue weighted by atomic mass is 32.2. The van der Waals surface area contributed by atoms with Crippen LogP contribution in [0.1, 0.15) is 11.3 Å². The van der Waals surface area contributed by atoms with Gasteiger partial charge in [-0.15, -0.1) is 21.5 Å². The first-order chi connectivity index (χ1) is 16.1. The van der Waals surface area contributed by atoms with Crippen LogP contribution in [0.3, 0.4) is 0 Å². The van der Waals surface area contributed by atoms with E-state index >= 15 is 0 Å². The van der Waals surface area contributed by atoms with E-state index in [1.54, 1.807) is 10.8 Å². The zero-order valence-electron chi connectivity index (χ0n) is 17.4. The second-order valence-electron chi connectivity index (χ2n) is 7.49. The summed E-state index contributed by atoms with van der Waals surface area (Å²) in [6.45, 7) is 1.96. The fourth-order valence-corrected chi connectivity index (χ4v) is 5.48. The van der Waals surface area contributed by atoms with Crippen LogP contribution in [0, 0.1) is 6.92 Å². The molecule has 0 N–H and O–H groups in total. The van der Waals surface area contributed by atoms with Crippen LogP contribution in [0.4, 0.5) is 0 Å². The zero-order chi connectivity index (χ0) is 22.5. The standard InChI is InChI=1S/C23H16N6O2S2/c1-14-6-2-4-8-17(14)28-20(31)16-7-3-5-9-18(16)29-21(28)25-26-23(29)33-13-15-12-19(30)27-10-11-32-22(27)24-15/h2-12H,13H2,1H3. The second kappa shape index (κ2) is 7.68. The van der Waals surface area contributed by atoms with E-state index in [2.05, 4.69) is 15.2 Å². The number of aryl methyl sites for hydroxylation is 1. The van der Waals surface area contributed by atoms with Crippen molar-refractivity contribution in [2.75, 3.05) is 0 Å². The molecular weight excluding hydrogens is 456 g/mol. The van der Waals surface area contributed by atoms with Gasteiger partial charge in [0.15, 0.2) is 10.1 Å². The number of hydrogen-bond donors (Lipinski definition) is 0. The molecule has 0 amide bonds. The van der Waals surface area contributed by atoms with Crippen molar-refractivity contribution in [1.82, 2.24) is 28.5 Å². The molecule has 0 unspecified atom stereocenters. The molecule has 0 aliphatic heterocycles. The highest BCUT2D eigenvalue weighted by Crippen LogP contribution is 2.26. The molecule has 2 aromatic carbocycles. The first-order valence-electron chi connectivity index (χ1n) is 10.2. The normalized spacial score (nSPS) is 11.7. The third-order valence-corrected chi connectivity index (χ3v) is 7.18. The Bertz CT molecular complexity index is 1800. The van der Waals surface area contributed by atoms with Crippen molar-refractivity contribution < 1.29 is 0 Å². The van der Waals surface area contributed by atoms with E-state index in [1.165, 1.54) is 33.6 Å². The SMILES string of the molecule is Cc1ccccc1-n1c(=O)c2ccccc2n2c(SCc3cc(=O)n4ccsc4n3)nnc12. The molecule has 0 aliphatic rings. The predicted octanol–water partition coefficient (Wildman–Crippen LogP) is 3.70. The van der Waals surface area contributed by atoms with Crippen LogP contribution in [0.15, 0.2) is 80.9 Å². The average molecular weight is 473 g/mol. The lowest BCUT2D eigenvalue weighted by molar-refractivity contribution is 0.926. The molecule has 0 saturated heterocycles. The molecule has 0 radical (unpaired) electrons. The Kier molecular flexibility index (Phi) is 4.63. The summed E-state index contributed by atoms with van der Waals surface area (Å²) in [5.74, 6) is 0.889. The van der Waals surface area contributed by atoms with Gasteiger partial charge in [0.2, 0.25) is 5.78 Å². The van der Waals surface area contributed by atoms with Crippen LogP contribution in [0.5, 0.6) is 0 Å². The van der Waals surface area contributed by atoms with Crippen molar-refractivity contribution in [1.29, 1.82) is 0 Å². The number of benzene rings is 2. The number of thiazole rings is 1. The Morgan fingerprint density at radius 2 is 1.85 bits per heavy atom. The van der Waals surface area contributed by atoms with Gasteiger partial charge in [-0.25, -0.2) is 9.55 Å². The summed E-state index contributed by atoms with van der Waals surface area (Å²) < 4.78 is 5.03. The maximum Gasteiger partial charge on any atom is 0.267 e. The molecule has 0 spiro atoms. The van der Waals surface area contributed by atoms with E-state index in [1.807, 2.05) is 65.2 Å². The topological polar surface area (TPSA) is 86.6 Å². The second-order valence-corrected chi connectivity index (χ2v) is 9.31. The molecule has 10 heteroatoms. The van der Waals surface area contributed by atoms with Crippen molar-refractivity contribution in [3.63, 3.8) is 0 Å². The molecule has 0 saturated carbocycles. The van der Waals surface area contributed by atoms with Gasteiger partial charge in [0.05, 0.1) is 22.3 Å². The summed E-state index contributed by atoms with van der Waals surface area (Å²) in [6.07, 6.45) is 1.72. The molecule has 4 aromatic heterocycles. The molecule has 8 nitrogen and oxygen atoms in total. The third kappa shape index (κ3) is 3.18. The largest absolute Gasteiger partial charge is 0.269 e. The molecule has 4 heterocycles. The van der Waals surface area contributed by atoms with Crippen LogP contribution in [-0.2, 0) is 5.75 Å². The van der Waals surface area contributed by atoms with Gasteiger partial charge in [-0.3, -0.25) is 18.4 Å². The smallest absolute Gasteiger partial charge is 0.267 e. The lowest BCUT2D eigenvalue weighted by Crippen LogP contribution is -2.22. The molecule has 6 aromatic rings. The lowest BCUT2D eigenvalue weighted by atomic mass is 10.2. The summed E-state index contributed by atoms with van der Waals surface area (Å²) in [5.41, 5.74) is 2.87. The van der Waals surface area contributed by atoms with Gasteiger partial charge in [0.1, 0.15) is 0 Å². The monoisotopic (exact) mass is 472 g/mol. The molecular formula is C23H16N6O2S2. The molecule has 33 heavy (non-hydrogen) atoms. The summed E-state index contributed by atoms with van der Waals surface area (Å²) in [4.78, 5) is 31.0. The summed E-state index contributed by atoms with van der Waals surface area (Å²) >= 11 is 2.84. The molecule has 162 valence electrons. The van der Waals surface area contributed by atoms with Gasteiger partial charge in [-0.05, 0) is 30.7 Å². The van der Waals surface area contributed by atoms with Crippen molar-refractivity contribution in [2.24, 2.45) is 0 Å². The average Bonchev–Trinajstić information content (AvgIpc) is 3.47.